The second-order valence-corrected chi connectivity index (χ2v) is 6.61. The molecular formula is C21H20FN5O2. The fraction of sp³-hybridized carbons (Fsp3) is 0.190. The van der Waals surface area contributed by atoms with Crippen LogP contribution in [0, 0.1) is 5.82 Å². The van der Waals surface area contributed by atoms with E-state index in [1.807, 2.05) is 18.2 Å². The number of hydrogen-bond acceptors (Lipinski definition) is 6. The first-order chi connectivity index (χ1) is 14.1. The van der Waals surface area contributed by atoms with Crippen molar-refractivity contribution in [2.75, 3.05) is 12.4 Å². The van der Waals surface area contributed by atoms with Gasteiger partial charge in [0.15, 0.2) is 5.65 Å². The van der Waals surface area contributed by atoms with Crippen molar-refractivity contribution in [1.82, 2.24) is 19.6 Å². The zero-order valence-electron chi connectivity index (χ0n) is 16.0. The van der Waals surface area contributed by atoms with Crippen LogP contribution in [0.1, 0.15) is 24.2 Å². The van der Waals surface area contributed by atoms with E-state index in [9.17, 15) is 9.50 Å². The van der Waals surface area contributed by atoms with Crippen molar-refractivity contribution in [2.45, 2.75) is 19.6 Å². The number of halogens is 1. The van der Waals surface area contributed by atoms with Gasteiger partial charge in [-0.15, -0.1) is 10.2 Å². The molecule has 1 aromatic carbocycles. The highest BCUT2D eigenvalue weighted by molar-refractivity contribution is 5.79. The molecule has 7 nitrogen and oxygen atoms in total. The minimum absolute atomic E-state index is 0.238. The Bertz CT molecular complexity index is 1160. The molecule has 0 amide bonds. The van der Waals surface area contributed by atoms with Crippen molar-refractivity contribution in [3.8, 4) is 16.9 Å². The molecule has 0 aliphatic heterocycles. The lowest BCUT2D eigenvalue weighted by atomic mass is 10.1. The summed E-state index contributed by atoms with van der Waals surface area (Å²) in [7, 11) is 1.51. The number of hydrogen-bond donors (Lipinski definition) is 2. The molecule has 2 N–H and O–H groups in total. The van der Waals surface area contributed by atoms with Crippen LogP contribution >= 0.6 is 0 Å². The van der Waals surface area contributed by atoms with Crippen molar-refractivity contribution in [1.29, 1.82) is 0 Å². The number of benzene rings is 1. The summed E-state index contributed by atoms with van der Waals surface area (Å²) < 4.78 is 21.2. The molecule has 0 bridgehead atoms. The number of aliphatic hydroxyl groups excluding tert-OH is 1. The first-order valence-electron chi connectivity index (χ1n) is 9.10. The maximum Gasteiger partial charge on any atom is 0.170 e. The van der Waals surface area contributed by atoms with Gasteiger partial charge in [-0.25, -0.2) is 4.39 Å². The Morgan fingerprint density at radius 2 is 2.10 bits per heavy atom. The molecule has 29 heavy (non-hydrogen) atoms. The summed E-state index contributed by atoms with van der Waals surface area (Å²) in [4.78, 5) is 4.21. The largest absolute Gasteiger partial charge is 0.496 e. The number of aliphatic hydroxyl groups is 1. The number of pyridine rings is 2. The van der Waals surface area contributed by atoms with Crippen LogP contribution in [0.15, 0.2) is 55.1 Å². The Morgan fingerprint density at radius 3 is 2.90 bits per heavy atom. The lowest BCUT2D eigenvalue weighted by molar-refractivity contribution is 0.199. The van der Waals surface area contributed by atoms with Crippen LogP contribution in [0.5, 0.6) is 5.75 Å². The maximum atomic E-state index is 14.2. The smallest absolute Gasteiger partial charge is 0.170 e. The van der Waals surface area contributed by atoms with Gasteiger partial charge in [-0.2, -0.15) is 0 Å². The lowest BCUT2D eigenvalue weighted by Crippen LogP contribution is -2.07. The average molecular weight is 393 g/mol. The molecule has 0 fully saturated rings. The number of nitrogens with zero attached hydrogens (tertiary/aromatic N) is 4. The number of fused-ring (bicyclic) bond motifs is 1. The van der Waals surface area contributed by atoms with Crippen molar-refractivity contribution in [3.05, 3.63) is 72.1 Å². The van der Waals surface area contributed by atoms with E-state index < -0.39 is 6.10 Å². The Labute approximate surface area is 166 Å². The molecule has 0 aliphatic carbocycles. The summed E-state index contributed by atoms with van der Waals surface area (Å²) in [6.07, 6.45) is 4.32. The van der Waals surface area contributed by atoms with Gasteiger partial charge in [0.25, 0.3) is 0 Å². The molecule has 0 saturated carbocycles. The van der Waals surface area contributed by atoms with Gasteiger partial charge in [0, 0.05) is 35.6 Å². The molecule has 0 spiro atoms. The monoisotopic (exact) mass is 393 g/mol. The molecule has 0 radical (unpaired) electrons. The number of ether oxygens (including phenoxy) is 1. The number of aromatic nitrogens is 4. The molecule has 148 valence electrons. The third kappa shape index (κ3) is 3.62. The molecule has 1 atom stereocenters. The van der Waals surface area contributed by atoms with Crippen LogP contribution in [0.2, 0.25) is 0 Å². The van der Waals surface area contributed by atoms with Crippen LogP contribution in [0.4, 0.5) is 10.2 Å². The quantitative estimate of drug-likeness (QED) is 0.521. The van der Waals surface area contributed by atoms with Gasteiger partial charge in [-0.05, 0) is 42.8 Å². The topological polar surface area (TPSA) is 84.6 Å². The molecule has 4 rings (SSSR count). The normalized spacial score (nSPS) is 12.1. The van der Waals surface area contributed by atoms with Crippen LogP contribution in [-0.4, -0.2) is 31.8 Å². The third-order valence-corrected chi connectivity index (χ3v) is 4.75. The second kappa shape index (κ2) is 7.84. The van der Waals surface area contributed by atoms with Gasteiger partial charge in [-0.1, -0.05) is 6.07 Å². The van der Waals surface area contributed by atoms with E-state index in [0.29, 0.717) is 28.3 Å². The van der Waals surface area contributed by atoms with Gasteiger partial charge >= 0.3 is 0 Å². The second-order valence-electron chi connectivity index (χ2n) is 6.61. The Morgan fingerprint density at radius 1 is 1.24 bits per heavy atom. The van der Waals surface area contributed by atoms with Crippen molar-refractivity contribution in [2.24, 2.45) is 0 Å². The summed E-state index contributed by atoms with van der Waals surface area (Å²) in [5, 5.41) is 21.3. The Kier molecular flexibility index (Phi) is 5.09. The molecule has 3 heterocycles. The predicted molar refractivity (Wildman–Crippen MR) is 107 cm³/mol. The third-order valence-electron chi connectivity index (χ3n) is 4.75. The first kappa shape index (κ1) is 18.8. The first-order valence-corrected chi connectivity index (χ1v) is 9.10. The van der Waals surface area contributed by atoms with E-state index >= 15 is 0 Å². The highest BCUT2D eigenvalue weighted by Crippen LogP contribution is 2.28. The zero-order valence-corrected chi connectivity index (χ0v) is 16.0. The van der Waals surface area contributed by atoms with Gasteiger partial charge in [-0.3, -0.25) is 9.38 Å². The minimum atomic E-state index is -0.618. The molecule has 0 saturated heterocycles. The van der Waals surface area contributed by atoms with Crippen LogP contribution in [-0.2, 0) is 6.54 Å². The minimum Gasteiger partial charge on any atom is -0.496 e. The summed E-state index contributed by atoms with van der Waals surface area (Å²) in [6, 6.07) is 10.4. The summed E-state index contributed by atoms with van der Waals surface area (Å²) in [6.45, 7) is 1.93. The van der Waals surface area contributed by atoms with Crippen LogP contribution in [0.25, 0.3) is 16.8 Å². The number of rotatable bonds is 6. The highest BCUT2D eigenvalue weighted by Gasteiger charge is 2.13. The standard InChI is InChI=1S/C21H20FN5O2/c1-13(28)14-8-15(10-23-9-14)16-6-7-20(27-12-25-26-21(16)27)24-11-17-18(22)4-3-5-19(17)29-2/h3-10,12-13,24,28H,11H2,1-2H3. The van der Waals surface area contributed by atoms with E-state index in [2.05, 4.69) is 20.5 Å². The average Bonchev–Trinajstić information content (AvgIpc) is 3.22. The molecule has 1 unspecified atom stereocenters. The molecule has 3 aromatic heterocycles. The van der Waals surface area contributed by atoms with Gasteiger partial charge in [0.1, 0.15) is 23.7 Å². The van der Waals surface area contributed by atoms with E-state index in [0.717, 1.165) is 11.1 Å². The maximum absolute atomic E-state index is 14.2. The number of nitrogens with one attached hydrogen (secondary N) is 1. The summed E-state index contributed by atoms with van der Waals surface area (Å²) in [5.74, 6) is 0.850. The van der Waals surface area contributed by atoms with E-state index in [1.54, 1.807) is 42.2 Å². The fourth-order valence-corrected chi connectivity index (χ4v) is 3.20. The Balaban J connectivity index is 1.68. The molecular weight excluding hydrogens is 373 g/mol. The van der Waals surface area contributed by atoms with Crippen molar-refractivity contribution >= 4 is 11.5 Å². The van der Waals surface area contributed by atoms with Crippen molar-refractivity contribution in [3.63, 3.8) is 0 Å². The highest BCUT2D eigenvalue weighted by atomic mass is 19.1. The van der Waals surface area contributed by atoms with Crippen LogP contribution < -0.4 is 10.1 Å². The lowest BCUT2D eigenvalue weighted by Gasteiger charge is -2.14. The van der Waals surface area contributed by atoms with Crippen molar-refractivity contribution < 1.29 is 14.2 Å². The van der Waals surface area contributed by atoms with E-state index in [4.69, 9.17) is 4.74 Å². The number of anilines is 1. The molecule has 4 aromatic rings. The molecule has 0 aliphatic rings. The van der Waals surface area contributed by atoms with Gasteiger partial charge < -0.3 is 15.2 Å². The predicted octanol–water partition coefficient (Wildman–Crippen LogP) is 3.60. The van der Waals surface area contributed by atoms with E-state index in [-0.39, 0.29) is 12.4 Å². The van der Waals surface area contributed by atoms with Gasteiger partial charge in [0.05, 0.1) is 13.2 Å². The Hall–Kier alpha value is -3.52. The summed E-state index contributed by atoms with van der Waals surface area (Å²) in [5.41, 5.74) is 3.43. The molecule has 8 heteroatoms. The zero-order chi connectivity index (χ0) is 20.4. The van der Waals surface area contributed by atoms with Crippen LogP contribution in [0.3, 0.4) is 0 Å². The summed E-state index contributed by atoms with van der Waals surface area (Å²) >= 11 is 0. The number of methoxy groups -OCH3 is 1. The van der Waals surface area contributed by atoms with E-state index in [1.165, 1.54) is 13.2 Å². The van der Waals surface area contributed by atoms with Gasteiger partial charge in [0.2, 0.25) is 0 Å². The SMILES string of the molecule is COc1cccc(F)c1CNc1ccc(-c2cncc(C(C)O)c2)c2nncn12. The fourth-order valence-electron chi connectivity index (χ4n) is 3.20.